The van der Waals surface area contributed by atoms with Gasteiger partial charge in [0.1, 0.15) is 7.05 Å². The van der Waals surface area contributed by atoms with Crippen LogP contribution in [0.15, 0.2) is 58.7 Å². The van der Waals surface area contributed by atoms with Crippen LogP contribution in [0.4, 0.5) is 0 Å². The van der Waals surface area contributed by atoms with Gasteiger partial charge in [-0.05, 0) is 56.6 Å². The molecule has 1 aliphatic rings. The lowest BCUT2D eigenvalue weighted by Crippen LogP contribution is -2.19. The summed E-state index contributed by atoms with van der Waals surface area (Å²) in [6.45, 7) is 11.0. The zero-order valence-corrected chi connectivity index (χ0v) is 15.5. The highest BCUT2D eigenvalue weighted by atomic mass is 16.5. The molecule has 0 atom stereocenters. The van der Waals surface area contributed by atoms with E-state index in [0.717, 1.165) is 10.3 Å². The molecule has 2 heteroatoms. The summed E-state index contributed by atoms with van der Waals surface area (Å²) in [5.41, 5.74) is 5.57. The SMILES string of the molecule is CC1=C(/C=C/C(C)=C/C=C/C(C)=C/C=[N+](/C)[O-])C(C)(C)CCC1. The van der Waals surface area contributed by atoms with Gasteiger partial charge in [0.15, 0.2) is 6.21 Å². The molecule has 0 bridgehead atoms. The van der Waals surface area contributed by atoms with Gasteiger partial charge in [-0.1, -0.05) is 55.4 Å². The summed E-state index contributed by atoms with van der Waals surface area (Å²) in [7, 11) is 1.48. The van der Waals surface area contributed by atoms with Gasteiger partial charge >= 0.3 is 0 Å². The summed E-state index contributed by atoms with van der Waals surface area (Å²) >= 11 is 0. The van der Waals surface area contributed by atoms with E-state index in [2.05, 4.69) is 45.9 Å². The maximum atomic E-state index is 10.8. The average molecular weight is 313 g/mol. The average Bonchev–Trinajstić information content (AvgIpc) is 2.44. The van der Waals surface area contributed by atoms with Gasteiger partial charge in [0.25, 0.3) is 0 Å². The van der Waals surface area contributed by atoms with Crippen LogP contribution in [0.3, 0.4) is 0 Å². The van der Waals surface area contributed by atoms with E-state index in [1.807, 2.05) is 19.1 Å². The highest BCUT2D eigenvalue weighted by Crippen LogP contribution is 2.40. The van der Waals surface area contributed by atoms with E-state index < -0.39 is 0 Å². The Balaban J connectivity index is 2.77. The molecule has 0 heterocycles. The third kappa shape index (κ3) is 6.85. The van der Waals surface area contributed by atoms with Gasteiger partial charge in [-0.2, -0.15) is 0 Å². The molecule has 0 aromatic rings. The van der Waals surface area contributed by atoms with Crippen LogP contribution in [0.2, 0.25) is 0 Å². The van der Waals surface area contributed by atoms with E-state index in [9.17, 15) is 5.21 Å². The maximum Gasteiger partial charge on any atom is 0.174 e. The molecule has 23 heavy (non-hydrogen) atoms. The zero-order valence-electron chi connectivity index (χ0n) is 15.5. The molecule has 0 aromatic carbocycles. The normalized spacial score (nSPS) is 20.9. The minimum Gasteiger partial charge on any atom is -0.624 e. The number of hydrogen-bond acceptors (Lipinski definition) is 1. The van der Waals surface area contributed by atoms with Gasteiger partial charge in [-0.25, -0.2) is 4.74 Å². The third-order valence-electron chi connectivity index (χ3n) is 4.32. The molecular weight excluding hydrogens is 282 g/mol. The lowest BCUT2D eigenvalue weighted by Gasteiger charge is -2.32. The van der Waals surface area contributed by atoms with E-state index >= 15 is 0 Å². The molecule has 0 N–H and O–H groups in total. The van der Waals surface area contributed by atoms with Gasteiger partial charge in [0, 0.05) is 6.08 Å². The second-order valence-corrected chi connectivity index (χ2v) is 7.14. The van der Waals surface area contributed by atoms with Crippen LogP contribution >= 0.6 is 0 Å². The number of nitrogens with zero attached hydrogens (tertiary/aromatic N) is 1. The molecule has 0 radical (unpaired) electrons. The van der Waals surface area contributed by atoms with Gasteiger partial charge in [0.2, 0.25) is 0 Å². The third-order valence-corrected chi connectivity index (χ3v) is 4.32. The topological polar surface area (TPSA) is 26.1 Å². The molecular formula is C21H31NO. The van der Waals surface area contributed by atoms with E-state index in [4.69, 9.17) is 0 Å². The first-order chi connectivity index (χ1) is 10.7. The first-order valence-electron chi connectivity index (χ1n) is 8.37. The number of rotatable bonds is 5. The molecule has 0 amide bonds. The quantitative estimate of drug-likeness (QED) is 0.209. The van der Waals surface area contributed by atoms with Crippen molar-refractivity contribution in [1.82, 2.24) is 0 Å². The Morgan fingerprint density at radius 3 is 2.39 bits per heavy atom. The second kappa shape index (κ2) is 8.71. The standard InChI is InChI=1S/C21H31NO/c1-17(9-7-10-18(2)14-16-22(6)23)12-13-20-19(3)11-8-15-21(20,4)5/h7,9-10,12-14,16H,8,11,15H2,1-6H3/b10-7+,13-12+,17-9+,18-14+,22-16-. The Labute approximate surface area is 141 Å². The molecule has 0 aromatic heterocycles. The van der Waals surface area contributed by atoms with Gasteiger partial charge in [-0.3, -0.25) is 0 Å². The number of allylic oxidation sites excluding steroid dienone is 10. The molecule has 0 fully saturated rings. The Morgan fingerprint density at radius 2 is 1.78 bits per heavy atom. The Kier molecular flexibility index (Phi) is 7.28. The van der Waals surface area contributed by atoms with Crippen LogP contribution in [-0.2, 0) is 0 Å². The van der Waals surface area contributed by atoms with E-state index in [-0.39, 0.29) is 5.41 Å². The fraction of sp³-hybridized carbons (Fsp3) is 0.476. The van der Waals surface area contributed by atoms with Crippen molar-refractivity contribution < 1.29 is 4.74 Å². The molecule has 1 rings (SSSR count). The molecule has 0 saturated carbocycles. The first kappa shape index (κ1) is 19.2. The Bertz CT molecular complexity index is 591. The summed E-state index contributed by atoms with van der Waals surface area (Å²) in [4.78, 5) is 0. The van der Waals surface area contributed by atoms with Crippen molar-refractivity contribution in [2.45, 2.75) is 53.9 Å². The number of hydroxylamine groups is 1. The van der Waals surface area contributed by atoms with Crippen LogP contribution in [0.5, 0.6) is 0 Å². The van der Waals surface area contributed by atoms with E-state index in [1.165, 1.54) is 49.2 Å². The van der Waals surface area contributed by atoms with Crippen molar-refractivity contribution in [3.05, 3.63) is 64.0 Å². The fourth-order valence-corrected chi connectivity index (χ4v) is 2.91. The van der Waals surface area contributed by atoms with Crippen molar-refractivity contribution in [2.24, 2.45) is 5.41 Å². The van der Waals surface area contributed by atoms with E-state index in [0.29, 0.717) is 0 Å². The molecule has 2 nitrogen and oxygen atoms in total. The highest BCUT2D eigenvalue weighted by Gasteiger charge is 2.26. The van der Waals surface area contributed by atoms with Crippen LogP contribution < -0.4 is 0 Å². The van der Waals surface area contributed by atoms with Crippen LogP contribution in [0.25, 0.3) is 0 Å². The largest absolute Gasteiger partial charge is 0.624 e. The Morgan fingerprint density at radius 1 is 1.13 bits per heavy atom. The summed E-state index contributed by atoms with van der Waals surface area (Å²) < 4.78 is 0.795. The van der Waals surface area contributed by atoms with Crippen molar-refractivity contribution in [3.8, 4) is 0 Å². The van der Waals surface area contributed by atoms with Crippen molar-refractivity contribution in [1.29, 1.82) is 0 Å². The Hall–Kier alpha value is -1.83. The minimum atomic E-state index is 0.286. The van der Waals surface area contributed by atoms with Gasteiger partial charge in [-0.15, -0.1) is 0 Å². The number of hydrogen-bond donors (Lipinski definition) is 0. The van der Waals surface area contributed by atoms with Gasteiger partial charge in [0.05, 0.1) is 0 Å². The smallest absolute Gasteiger partial charge is 0.174 e. The molecule has 0 unspecified atom stereocenters. The van der Waals surface area contributed by atoms with Crippen molar-refractivity contribution in [2.75, 3.05) is 7.05 Å². The van der Waals surface area contributed by atoms with E-state index in [1.54, 1.807) is 6.08 Å². The summed E-state index contributed by atoms with van der Waals surface area (Å²) in [6.07, 6.45) is 17.7. The van der Waals surface area contributed by atoms with Crippen LogP contribution in [0.1, 0.15) is 53.9 Å². The maximum absolute atomic E-state index is 10.8. The fourth-order valence-electron chi connectivity index (χ4n) is 2.91. The van der Waals surface area contributed by atoms with Crippen molar-refractivity contribution >= 4 is 6.21 Å². The summed E-state index contributed by atoms with van der Waals surface area (Å²) in [5, 5.41) is 10.8. The zero-order chi connectivity index (χ0) is 17.5. The van der Waals surface area contributed by atoms with Crippen LogP contribution in [0, 0.1) is 10.6 Å². The monoisotopic (exact) mass is 313 g/mol. The van der Waals surface area contributed by atoms with Crippen molar-refractivity contribution in [3.63, 3.8) is 0 Å². The first-order valence-corrected chi connectivity index (χ1v) is 8.37. The minimum absolute atomic E-state index is 0.286. The lowest BCUT2D eigenvalue weighted by molar-refractivity contribution is -0.416. The summed E-state index contributed by atoms with van der Waals surface area (Å²) in [5.74, 6) is 0. The molecule has 126 valence electrons. The van der Waals surface area contributed by atoms with Crippen LogP contribution in [-0.4, -0.2) is 18.0 Å². The second-order valence-electron chi connectivity index (χ2n) is 7.14. The predicted molar refractivity (Wildman–Crippen MR) is 102 cm³/mol. The lowest BCUT2D eigenvalue weighted by atomic mass is 9.72. The molecule has 0 aliphatic heterocycles. The highest BCUT2D eigenvalue weighted by molar-refractivity contribution is 5.68. The molecule has 1 aliphatic carbocycles. The molecule has 0 saturated heterocycles. The summed E-state index contributed by atoms with van der Waals surface area (Å²) in [6, 6.07) is 0. The molecule has 0 spiro atoms. The van der Waals surface area contributed by atoms with Gasteiger partial charge < -0.3 is 5.21 Å². The predicted octanol–water partition coefficient (Wildman–Crippen LogP) is 5.73.